The normalized spacial score (nSPS) is 27.0. The zero-order chi connectivity index (χ0) is 28.9. The van der Waals surface area contributed by atoms with Crippen LogP contribution in [-0.4, -0.2) is 58.1 Å². The van der Waals surface area contributed by atoms with Gasteiger partial charge in [-0.25, -0.2) is 0 Å². The molecular weight excluding hydrogens is 522 g/mol. The van der Waals surface area contributed by atoms with Gasteiger partial charge in [0.15, 0.2) is 5.58 Å². The molecule has 4 N–H and O–H groups in total. The topological polar surface area (TPSA) is 148 Å². The maximum Gasteiger partial charge on any atom is 0.296 e. The van der Waals surface area contributed by atoms with Crippen molar-refractivity contribution in [1.82, 2.24) is 15.2 Å². The van der Waals surface area contributed by atoms with E-state index in [9.17, 15) is 19.2 Å². The minimum absolute atomic E-state index is 0.0178. The summed E-state index contributed by atoms with van der Waals surface area (Å²) in [6.45, 7) is 4.73. The molecule has 6 rings (SSSR count). The SMILES string of the molecule is CC1(C)C2[C@@H](C(=O)NC(CC3CCC3)C(=O)C(N)=O)N(C(=O)[C@H](Nc3nc4ccccc4o3)C3CCCCC3)C[C@H]21. The number of primary amides is 1. The molecule has 3 amide bonds. The first-order valence-corrected chi connectivity index (χ1v) is 15.2. The third kappa shape index (κ3) is 5.21. The van der Waals surface area contributed by atoms with E-state index in [2.05, 4.69) is 29.5 Å². The van der Waals surface area contributed by atoms with E-state index in [0.29, 0.717) is 30.1 Å². The van der Waals surface area contributed by atoms with Crippen molar-refractivity contribution in [2.45, 2.75) is 89.8 Å². The minimum Gasteiger partial charge on any atom is -0.424 e. The van der Waals surface area contributed by atoms with E-state index in [1.54, 1.807) is 4.90 Å². The molecule has 220 valence electrons. The molecule has 0 bridgehead atoms. The number of nitrogens with zero attached hydrogens (tertiary/aromatic N) is 2. The quantitative estimate of drug-likeness (QED) is 0.375. The van der Waals surface area contributed by atoms with Crippen LogP contribution in [0, 0.1) is 29.1 Å². The summed E-state index contributed by atoms with van der Waals surface area (Å²) in [4.78, 5) is 59.1. The summed E-state index contributed by atoms with van der Waals surface area (Å²) in [7, 11) is 0. The number of oxazole rings is 1. The number of hydrogen-bond donors (Lipinski definition) is 3. The van der Waals surface area contributed by atoms with Crippen LogP contribution in [0.15, 0.2) is 28.7 Å². The van der Waals surface area contributed by atoms with Gasteiger partial charge in [0.2, 0.25) is 17.6 Å². The van der Waals surface area contributed by atoms with Gasteiger partial charge < -0.3 is 25.7 Å². The predicted molar refractivity (Wildman–Crippen MR) is 152 cm³/mol. The van der Waals surface area contributed by atoms with Gasteiger partial charge in [0.25, 0.3) is 11.9 Å². The number of likely N-dealkylation sites (tertiary alicyclic amines) is 1. The van der Waals surface area contributed by atoms with E-state index in [1.807, 2.05) is 24.3 Å². The number of nitrogens with one attached hydrogen (secondary N) is 2. The Hall–Kier alpha value is -3.43. The highest BCUT2D eigenvalue weighted by molar-refractivity contribution is 6.37. The van der Waals surface area contributed by atoms with E-state index in [-0.39, 0.29) is 40.9 Å². The summed E-state index contributed by atoms with van der Waals surface area (Å²) in [6, 6.07) is 5.51. The monoisotopic (exact) mass is 563 g/mol. The molecule has 10 heteroatoms. The number of aromatic nitrogens is 1. The number of rotatable bonds is 10. The number of para-hydroxylation sites is 2. The summed E-state index contributed by atoms with van der Waals surface area (Å²) >= 11 is 0. The Labute approximate surface area is 240 Å². The number of benzene rings is 1. The molecule has 2 aromatic rings. The molecule has 1 saturated heterocycles. The lowest BCUT2D eigenvalue weighted by Crippen LogP contribution is -2.58. The van der Waals surface area contributed by atoms with Crippen molar-refractivity contribution in [2.75, 3.05) is 11.9 Å². The maximum absolute atomic E-state index is 14.4. The highest BCUT2D eigenvalue weighted by Crippen LogP contribution is 2.65. The molecule has 1 aliphatic heterocycles. The van der Waals surface area contributed by atoms with Crippen LogP contribution in [-0.2, 0) is 19.2 Å². The number of ketones is 1. The van der Waals surface area contributed by atoms with E-state index >= 15 is 0 Å². The van der Waals surface area contributed by atoms with E-state index in [1.165, 1.54) is 0 Å². The number of fused-ring (bicyclic) bond motifs is 2. The fraction of sp³-hybridized carbons (Fsp3) is 0.645. The number of nitrogens with two attached hydrogens (primary N) is 1. The van der Waals surface area contributed by atoms with Crippen molar-refractivity contribution in [2.24, 2.45) is 34.8 Å². The fourth-order valence-corrected chi connectivity index (χ4v) is 7.63. The smallest absolute Gasteiger partial charge is 0.296 e. The molecule has 1 aromatic carbocycles. The standard InChI is InChI=1S/C31H41N5O5/c1-31(2)19-16-36(25(23(19)31)28(39)33-21(26(37)27(32)38)15-17-9-8-10-17)29(40)24(18-11-4-3-5-12-18)35-30-34-20-13-6-7-14-22(20)41-30/h6-7,13-14,17-19,21,23-25H,3-5,8-12,15-16H2,1-2H3,(H2,32,38)(H,33,39)(H,34,35)/t19-,21?,23?,24-,25+/m1/s1. The lowest BCUT2D eigenvalue weighted by atomic mass is 9.80. The zero-order valence-electron chi connectivity index (χ0n) is 23.9. The Morgan fingerprint density at radius 2 is 1.80 bits per heavy atom. The fourth-order valence-electron chi connectivity index (χ4n) is 7.63. The molecule has 3 saturated carbocycles. The molecule has 41 heavy (non-hydrogen) atoms. The highest BCUT2D eigenvalue weighted by Gasteiger charge is 2.69. The Morgan fingerprint density at radius 3 is 2.46 bits per heavy atom. The van der Waals surface area contributed by atoms with Gasteiger partial charge >= 0.3 is 0 Å². The summed E-state index contributed by atoms with van der Waals surface area (Å²) in [5.41, 5.74) is 6.61. The predicted octanol–water partition coefficient (Wildman–Crippen LogP) is 3.40. The summed E-state index contributed by atoms with van der Waals surface area (Å²) in [5.74, 6) is -1.79. The summed E-state index contributed by atoms with van der Waals surface area (Å²) in [6.07, 6.45) is 8.46. The number of hydrogen-bond acceptors (Lipinski definition) is 7. The minimum atomic E-state index is -1.04. The van der Waals surface area contributed by atoms with Gasteiger partial charge in [0.1, 0.15) is 17.6 Å². The van der Waals surface area contributed by atoms with Gasteiger partial charge in [-0.1, -0.05) is 64.5 Å². The van der Waals surface area contributed by atoms with Crippen LogP contribution in [0.2, 0.25) is 0 Å². The molecule has 4 fully saturated rings. The molecule has 4 aliphatic rings. The third-order valence-corrected chi connectivity index (χ3v) is 10.4. The first-order chi connectivity index (χ1) is 19.6. The molecule has 2 unspecified atom stereocenters. The van der Waals surface area contributed by atoms with Gasteiger partial charge in [-0.3, -0.25) is 19.2 Å². The van der Waals surface area contributed by atoms with Crippen LogP contribution in [0.1, 0.15) is 71.6 Å². The molecule has 0 spiro atoms. The van der Waals surface area contributed by atoms with Crippen molar-refractivity contribution >= 4 is 40.6 Å². The van der Waals surface area contributed by atoms with Gasteiger partial charge in [0.05, 0.1) is 6.04 Å². The Kier molecular flexibility index (Phi) is 7.28. The number of carbonyl (C=O) groups excluding carboxylic acids is 4. The first-order valence-electron chi connectivity index (χ1n) is 15.2. The van der Waals surface area contributed by atoms with Crippen LogP contribution in [0.3, 0.4) is 0 Å². The van der Waals surface area contributed by atoms with Gasteiger partial charge in [-0.2, -0.15) is 4.98 Å². The van der Waals surface area contributed by atoms with Crippen LogP contribution in [0.25, 0.3) is 11.1 Å². The van der Waals surface area contributed by atoms with E-state index in [4.69, 9.17) is 10.2 Å². The van der Waals surface area contributed by atoms with Crippen molar-refractivity contribution in [1.29, 1.82) is 0 Å². The van der Waals surface area contributed by atoms with Crippen LogP contribution < -0.4 is 16.4 Å². The number of amides is 3. The maximum atomic E-state index is 14.4. The van der Waals surface area contributed by atoms with Gasteiger partial charge in [-0.05, 0) is 60.5 Å². The van der Waals surface area contributed by atoms with Crippen molar-refractivity contribution < 1.29 is 23.6 Å². The largest absolute Gasteiger partial charge is 0.424 e. The van der Waals surface area contributed by atoms with Crippen LogP contribution >= 0.6 is 0 Å². The second-order valence-electron chi connectivity index (χ2n) is 13.2. The highest BCUT2D eigenvalue weighted by atomic mass is 16.4. The molecule has 5 atom stereocenters. The van der Waals surface area contributed by atoms with Crippen LogP contribution in [0.4, 0.5) is 6.01 Å². The molecule has 0 radical (unpaired) electrons. The molecule has 3 aliphatic carbocycles. The molecular formula is C31H41N5O5. The van der Waals surface area contributed by atoms with Gasteiger partial charge in [0, 0.05) is 6.54 Å². The second kappa shape index (κ2) is 10.8. The summed E-state index contributed by atoms with van der Waals surface area (Å²) in [5, 5.41) is 6.19. The molecule has 10 nitrogen and oxygen atoms in total. The Morgan fingerprint density at radius 1 is 1.07 bits per heavy atom. The van der Waals surface area contributed by atoms with Crippen LogP contribution in [0.5, 0.6) is 0 Å². The average Bonchev–Trinajstić information content (AvgIpc) is 3.29. The van der Waals surface area contributed by atoms with Crippen molar-refractivity contribution in [3.8, 4) is 0 Å². The lowest BCUT2D eigenvalue weighted by Gasteiger charge is -2.37. The second-order valence-corrected chi connectivity index (χ2v) is 13.2. The van der Waals surface area contributed by atoms with Gasteiger partial charge in [-0.15, -0.1) is 0 Å². The Bertz CT molecular complexity index is 1310. The van der Waals surface area contributed by atoms with Crippen molar-refractivity contribution in [3.05, 3.63) is 24.3 Å². The average molecular weight is 564 g/mol. The van der Waals surface area contributed by atoms with E-state index in [0.717, 1.165) is 51.4 Å². The van der Waals surface area contributed by atoms with E-state index < -0.39 is 29.8 Å². The third-order valence-electron chi connectivity index (χ3n) is 10.4. The summed E-state index contributed by atoms with van der Waals surface area (Å²) < 4.78 is 5.94. The number of carbonyl (C=O) groups is 4. The lowest BCUT2D eigenvalue weighted by molar-refractivity contribution is -0.144. The molecule has 1 aromatic heterocycles. The number of anilines is 1. The zero-order valence-corrected chi connectivity index (χ0v) is 23.9. The number of piperidine rings is 1. The molecule has 2 heterocycles. The Balaban J connectivity index is 1.26. The number of Topliss-reactive ketones (excluding diaryl/α,β-unsaturated/α-hetero) is 1. The first kappa shape index (κ1) is 27.7. The van der Waals surface area contributed by atoms with Crippen molar-refractivity contribution in [3.63, 3.8) is 0 Å².